The van der Waals surface area contributed by atoms with E-state index < -0.39 is 29.6 Å². The molecule has 0 aliphatic carbocycles. The molecule has 0 spiro atoms. The summed E-state index contributed by atoms with van der Waals surface area (Å²) in [6, 6.07) is 15.9. The molecule has 6 nitrogen and oxygen atoms in total. The quantitative estimate of drug-likeness (QED) is 0.406. The zero-order valence-corrected chi connectivity index (χ0v) is 16.7. The summed E-state index contributed by atoms with van der Waals surface area (Å²) in [6.07, 6.45) is -1.01. The first-order valence-corrected chi connectivity index (χ1v) is 9.63. The van der Waals surface area contributed by atoms with Crippen LogP contribution in [0.5, 0.6) is 0 Å². The fourth-order valence-electron chi connectivity index (χ4n) is 3.55. The van der Waals surface area contributed by atoms with Crippen LogP contribution in [0, 0.1) is 6.92 Å². The molecule has 2 aromatic rings. The molecule has 2 aromatic carbocycles. The summed E-state index contributed by atoms with van der Waals surface area (Å²) in [7, 11) is 0. The first kappa shape index (κ1) is 20.7. The second kappa shape index (κ2) is 8.57. The molecule has 0 amide bonds. The number of ether oxygens (including phenoxy) is 3. The first-order chi connectivity index (χ1) is 14.0. The van der Waals surface area contributed by atoms with Crippen molar-refractivity contribution in [1.82, 2.24) is 0 Å². The molecule has 1 fully saturated rings. The molecule has 0 saturated carbocycles. The average Bonchev–Trinajstić information content (AvgIpc) is 2.70. The number of ketones is 1. The van der Waals surface area contributed by atoms with Crippen molar-refractivity contribution in [3.63, 3.8) is 0 Å². The Bertz CT molecular complexity index is 869. The Labute approximate surface area is 169 Å². The highest BCUT2D eigenvalue weighted by Gasteiger charge is 2.70. The van der Waals surface area contributed by atoms with Crippen LogP contribution >= 0.6 is 0 Å². The van der Waals surface area contributed by atoms with Crippen LogP contribution in [0.4, 0.5) is 0 Å². The number of carbonyl (C=O) groups is 3. The maximum Gasteiger partial charge on any atom is 0.351 e. The van der Waals surface area contributed by atoms with Crippen LogP contribution in [0.1, 0.15) is 41.3 Å². The zero-order valence-electron chi connectivity index (χ0n) is 16.7. The number of Topliss-reactive ketones (excluding diaryl/α,β-unsaturated/α-hetero) is 1. The second-order valence-corrected chi connectivity index (χ2v) is 6.83. The summed E-state index contributed by atoms with van der Waals surface area (Å²) in [4.78, 5) is 38.8. The first-order valence-electron chi connectivity index (χ1n) is 9.63. The number of hydrogen-bond donors (Lipinski definition) is 0. The number of aryl methyl sites for hydroxylation is 1. The second-order valence-electron chi connectivity index (χ2n) is 6.83. The smallest absolute Gasteiger partial charge is 0.351 e. The lowest BCUT2D eigenvalue weighted by Crippen LogP contribution is -2.70. The average molecular weight is 396 g/mol. The Morgan fingerprint density at radius 1 is 0.897 bits per heavy atom. The van der Waals surface area contributed by atoms with Crippen molar-refractivity contribution in [3.8, 4) is 0 Å². The normalized spacial score (nSPS) is 19.7. The van der Waals surface area contributed by atoms with Crippen LogP contribution in [0.25, 0.3) is 0 Å². The van der Waals surface area contributed by atoms with Gasteiger partial charge in [0.1, 0.15) is 6.10 Å². The molecule has 0 bridgehead atoms. The molecule has 0 N–H and O–H groups in total. The number of benzene rings is 2. The Morgan fingerprint density at radius 3 is 1.97 bits per heavy atom. The van der Waals surface area contributed by atoms with Crippen LogP contribution < -0.4 is 0 Å². The van der Waals surface area contributed by atoms with Crippen LogP contribution in [-0.4, -0.2) is 42.6 Å². The van der Waals surface area contributed by atoms with Gasteiger partial charge < -0.3 is 14.2 Å². The van der Waals surface area contributed by atoms with Crippen molar-refractivity contribution in [2.75, 3.05) is 13.2 Å². The van der Waals surface area contributed by atoms with Crippen LogP contribution in [0.3, 0.4) is 0 Å². The predicted octanol–water partition coefficient (Wildman–Crippen LogP) is 3.23. The standard InChI is InChI=1S/C23H24O6/c1-4-27-21(25)23(22(26)28-5-2)18(16-13-11-15(3)12-14-16)20(29-23)19(24)17-9-7-6-8-10-17/h6-14,18,20H,4-5H2,1-3H3/t18-,20+/m1/s1. The fourth-order valence-corrected chi connectivity index (χ4v) is 3.55. The van der Waals surface area contributed by atoms with Gasteiger partial charge in [-0.3, -0.25) is 4.79 Å². The lowest BCUT2D eigenvalue weighted by molar-refractivity contribution is -0.236. The van der Waals surface area contributed by atoms with Gasteiger partial charge in [0.2, 0.25) is 0 Å². The Morgan fingerprint density at radius 2 is 1.45 bits per heavy atom. The van der Waals surface area contributed by atoms with E-state index in [1.165, 1.54) is 0 Å². The summed E-state index contributed by atoms with van der Waals surface area (Å²) < 4.78 is 16.1. The Kier molecular flexibility index (Phi) is 6.13. The molecule has 1 aliphatic heterocycles. The highest BCUT2D eigenvalue weighted by atomic mass is 16.6. The maximum absolute atomic E-state index is 13.1. The number of hydrogen-bond acceptors (Lipinski definition) is 6. The largest absolute Gasteiger partial charge is 0.463 e. The fraction of sp³-hybridized carbons (Fsp3) is 0.348. The molecular weight excluding hydrogens is 372 g/mol. The summed E-state index contributed by atoms with van der Waals surface area (Å²) in [5.74, 6) is -2.85. The molecule has 0 aromatic heterocycles. The molecule has 152 valence electrons. The summed E-state index contributed by atoms with van der Waals surface area (Å²) in [6.45, 7) is 5.35. The third kappa shape index (κ3) is 3.68. The highest BCUT2D eigenvalue weighted by Crippen LogP contribution is 2.49. The van der Waals surface area contributed by atoms with E-state index in [0.29, 0.717) is 11.1 Å². The molecule has 2 atom stereocenters. The van der Waals surface area contributed by atoms with E-state index in [4.69, 9.17) is 14.2 Å². The lowest BCUT2D eigenvalue weighted by atomic mass is 9.70. The Balaban J connectivity index is 2.07. The van der Waals surface area contributed by atoms with Gasteiger partial charge in [0.05, 0.1) is 19.1 Å². The maximum atomic E-state index is 13.1. The van der Waals surface area contributed by atoms with Gasteiger partial charge in [-0.2, -0.15) is 0 Å². The van der Waals surface area contributed by atoms with Crippen LogP contribution in [-0.2, 0) is 23.8 Å². The third-order valence-electron chi connectivity index (χ3n) is 4.96. The number of esters is 2. The van der Waals surface area contributed by atoms with Gasteiger partial charge in [0, 0.05) is 5.56 Å². The minimum absolute atomic E-state index is 0.0707. The topological polar surface area (TPSA) is 78.9 Å². The molecule has 1 aliphatic rings. The molecular formula is C23H24O6. The molecule has 1 saturated heterocycles. The van der Waals surface area contributed by atoms with E-state index >= 15 is 0 Å². The minimum Gasteiger partial charge on any atom is -0.463 e. The van der Waals surface area contributed by atoms with Crippen molar-refractivity contribution in [3.05, 3.63) is 71.3 Å². The molecule has 6 heteroatoms. The van der Waals surface area contributed by atoms with Crippen molar-refractivity contribution >= 4 is 17.7 Å². The Hall–Kier alpha value is -2.99. The predicted molar refractivity (Wildman–Crippen MR) is 106 cm³/mol. The monoisotopic (exact) mass is 396 g/mol. The van der Waals surface area contributed by atoms with Gasteiger partial charge in [-0.25, -0.2) is 9.59 Å². The molecule has 1 heterocycles. The zero-order chi connectivity index (χ0) is 21.0. The van der Waals surface area contributed by atoms with Gasteiger partial charge in [0.15, 0.2) is 5.78 Å². The van der Waals surface area contributed by atoms with Gasteiger partial charge in [-0.15, -0.1) is 0 Å². The van der Waals surface area contributed by atoms with E-state index in [9.17, 15) is 14.4 Å². The molecule has 29 heavy (non-hydrogen) atoms. The molecule has 3 rings (SSSR count). The van der Waals surface area contributed by atoms with Crippen molar-refractivity contribution in [2.45, 2.75) is 38.4 Å². The third-order valence-corrected chi connectivity index (χ3v) is 4.96. The van der Waals surface area contributed by atoms with E-state index in [1.807, 2.05) is 19.1 Å². The summed E-state index contributed by atoms with van der Waals surface area (Å²) in [5.41, 5.74) is 0.0853. The van der Waals surface area contributed by atoms with Gasteiger partial charge >= 0.3 is 11.9 Å². The highest BCUT2D eigenvalue weighted by molar-refractivity contribution is 6.10. The van der Waals surface area contributed by atoms with Gasteiger partial charge in [0.25, 0.3) is 5.60 Å². The van der Waals surface area contributed by atoms with Crippen LogP contribution in [0.2, 0.25) is 0 Å². The van der Waals surface area contributed by atoms with Gasteiger partial charge in [-0.05, 0) is 26.3 Å². The van der Waals surface area contributed by atoms with Crippen molar-refractivity contribution in [1.29, 1.82) is 0 Å². The van der Waals surface area contributed by atoms with Gasteiger partial charge in [-0.1, -0.05) is 60.2 Å². The lowest BCUT2D eigenvalue weighted by Gasteiger charge is -2.49. The minimum atomic E-state index is -2.00. The van der Waals surface area contributed by atoms with E-state index in [0.717, 1.165) is 5.56 Å². The van der Waals surface area contributed by atoms with Crippen molar-refractivity contribution < 1.29 is 28.6 Å². The summed E-state index contributed by atoms with van der Waals surface area (Å²) >= 11 is 0. The number of rotatable bonds is 7. The number of carbonyl (C=O) groups excluding carboxylic acids is 3. The van der Waals surface area contributed by atoms with E-state index in [2.05, 4.69) is 0 Å². The van der Waals surface area contributed by atoms with E-state index in [1.54, 1.807) is 56.3 Å². The summed E-state index contributed by atoms with van der Waals surface area (Å²) in [5, 5.41) is 0. The molecule has 0 unspecified atom stereocenters. The SMILES string of the molecule is CCOC(=O)C1(C(=O)OCC)O[C@H](C(=O)c2ccccc2)[C@H]1c1ccc(C)cc1. The van der Waals surface area contributed by atoms with Crippen molar-refractivity contribution in [2.24, 2.45) is 0 Å². The molecule has 0 radical (unpaired) electrons. The van der Waals surface area contributed by atoms with E-state index in [-0.39, 0.29) is 19.0 Å². The van der Waals surface area contributed by atoms with Crippen LogP contribution in [0.15, 0.2) is 54.6 Å².